The fourth-order valence-corrected chi connectivity index (χ4v) is 4.25. The lowest BCUT2D eigenvalue weighted by Gasteiger charge is -2.16. The first-order chi connectivity index (χ1) is 9.50. The lowest BCUT2D eigenvalue weighted by molar-refractivity contribution is -0.142. The fourth-order valence-electron chi connectivity index (χ4n) is 4.12. The van der Waals surface area contributed by atoms with Crippen LogP contribution < -0.4 is 0 Å². The molecule has 2 saturated carbocycles. The summed E-state index contributed by atoms with van der Waals surface area (Å²) >= 11 is 5.85. The van der Waals surface area contributed by atoms with Gasteiger partial charge in [0.2, 0.25) is 0 Å². The zero-order valence-corrected chi connectivity index (χ0v) is 12.1. The maximum absolute atomic E-state index is 12.6. The van der Waals surface area contributed by atoms with Crippen molar-refractivity contribution in [2.45, 2.75) is 26.2 Å². The van der Waals surface area contributed by atoms with Crippen molar-refractivity contribution in [3.8, 4) is 0 Å². The SMILES string of the molecule is CCC12C(=O)C(Cc3ccc(Cl)cc3)CC1C2C(=O)O. The van der Waals surface area contributed by atoms with Crippen LogP contribution >= 0.6 is 11.6 Å². The number of aliphatic carboxylic acids is 1. The third-order valence-electron chi connectivity index (χ3n) is 5.12. The maximum Gasteiger partial charge on any atom is 0.307 e. The molecule has 0 aromatic heterocycles. The van der Waals surface area contributed by atoms with Crippen molar-refractivity contribution in [2.75, 3.05) is 0 Å². The summed E-state index contributed by atoms with van der Waals surface area (Å²) in [5, 5.41) is 9.90. The number of carboxylic acids is 1. The molecule has 0 aliphatic heterocycles. The topological polar surface area (TPSA) is 54.4 Å². The van der Waals surface area contributed by atoms with E-state index in [1.165, 1.54) is 0 Å². The van der Waals surface area contributed by atoms with E-state index < -0.39 is 17.3 Å². The van der Waals surface area contributed by atoms with Crippen LogP contribution in [0.3, 0.4) is 0 Å². The molecule has 0 heterocycles. The average molecular weight is 293 g/mol. The van der Waals surface area contributed by atoms with Gasteiger partial charge in [0.05, 0.1) is 5.92 Å². The molecule has 4 heteroatoms. The highest BCUT2D eigenvalue weighted by molar-refractivity contribution is 6.30. The molecule has 1 aromatic carbocycles. The van der Waals surface area contributed by atoms with Gasteiger partial charge >= 0.3 is 5.97 Å². The number of rotatable bonds is 4. The van der Waals surface area contributed by atoms with E-state index in [2.05, 4.69) is 0 Å². The Balaban J connectivity index is 1.75. The standard InChI is InChI=1S/C16H17ClO3/c1-2-16-12(13(16)15(19)20)8-10(14(16)18)7-9-3-5-11(17)6-4-9/h3-6,10,12-13H,2,7-8H2,1H3,(H,19,20). The molecule has 1 aromatic rings. The maximum atomic E-state index is 12.6. The summed E-state index contributed by atoms with van der Waals surface area (Å²) in [4.78, 5) is 23.8. The summed E-state index contributed by atoms with van der Waals surface area (Å²) in [5.41, 5.74) is 0.523. The van der Waals surface area contributed by atoms with Crippen molar-refractivity contribution in [1.82, 2.24) is 0 Å². The number of hydrogen-bond acceptors (Lipinski definition) is 2. The first kappa shape index (κ1) is 13.6. The zero-order valence-electron chi connectivity index (χ0n) is 11.3. The number of benzene rings is 1. The van der Waals surface area contributed by atoms with Crippen molar-refractivity contribution in [3.63, 3.8) is 0 Å². The molecular formula is C16H17ClO3. The minimum absolute atomic E-state index is 0.0308. The third kappa shape index (κ3) is 1.80. The summed E-state index contributed by atoms with van der Waals surface area (Å²) in [5.74, 6) is -1.07. The second-order valence-corrected chi connectivity index (χ2v) is 6.38. The Labute approximate surface area is 122 Å². The Hall–Kier alpha value is -1.35. The summed E-state index contributed by atoms with van der Waals surface area (Å²) in [6, 6.07) is 7.53. The Kier molecular flexibility index (Phi) is 3.13. The Morgan fingerprint density at radius 3 is 2.55 bits per heavy atom. The number of fused-ring (bicyclic) bond motifs is 1. The molecule has 1 N–H and O–H groups in total. The first-order valence-electron chi connectivity index (χ1n) is 7.02. The van der Waals surface area contributed by atoms with Crippen LogP contribution in [0.4, 0.5) is 0 Å². The highest BCUT2D eigenvalue weighted by Crippen LogP contribution is 2.69. The van der Waals surface area contributed by atoms with Crippen LogP contribution in [-0.2, 0) is 16.0 Å². The highest BCUT2D eigenvalue weighted by atomic mass is 35.5. The molecule has 0 radical (unpaired) electrons. The second-order valence-electron chi connectivity index (χ2n) is 5.94. The van der Waals surface area contributed by atoms with Gasteiger partial charge in [-0.2, -0.15) is 0 Å². The number of Topliss-reactive ketones (excluding diaryl/α,β-unsaturated/α-hetero) is 1. The average Bonchev–Trinajstić information content (AvgIpc) is 3.00. The van der Waals surface area contributed by atoms with Gasteiger partial charge in [-0.15, -0.1) is 0 Å². The molecule has 2 aliphatic rings. The first-order valence-corrected chi connectivity index (χ1v) is 7.40. The van der Waals surface area contributed by atoms with Gasteiger partial charge < -0.3 is 5.11 Å². The number of carbonyl (C=O) groups excluding carboxylic acids is 1. The van der Waals surface area contributed by atoms with E-state index in [-0.39, 0.29) is 17.6 Å². The van der Waals surface area contributed by atoms with E-state index >= 15 is 0 Å². The summed E-state index contributed by atoms with van der Waals surface area (Å²) in [6.45, 7) is 1.93. The molecule has 0 amide bonds. The van der Waals surface area contributed by atoms with Crippen LogP contribution in [0.2, 0.25) is 5.02 Å². The number of hydrogen-bond donors (Lipinski definition) is 1. The number of halogens is 1. The minimum Gasteiger partial charge on any atom is -0.481 e. The van der Waals surface area contributed by atoms with Crippen molar-refractivity contribution >= 4 is 23.4 Å². The van der Waals surface area contributed by atoms with Gasteiger partial charge in [0, 0.05) is 16.4 Å². The molecule has 106 valence electrons. The largest absolute Gasteiger partial charge is 0.481 e. The number of carbonyl (C=O) groups is 2. The normalized spacial score (nSPS) is 34.9. The predicted molar refractivity (Wildman–Crippen MR) is 75.6 cm³/mol. The Morgan fingerprint density at radius 1 is 1.40 bits per heavy atom. The van der Waals surface area contributed by atoms with Gasteiger partial charge in [-0.1, -0.05) is 30.7 Å². The molecule has 3 rings (SSSR count). The summed E-state index contributed by atoms with van der Waals surface area (Å²) < 4.78 is 0. The minimum atomic E-state index is -0.810. The van der Waals surface area contributed by atoms with E-state index in [1.54, 1.807) is 0 Å². The van der Waals surface area contributed by atoms with Crippen LogP contribution in [0.1, 0.15) is 25.3 Å². The zero-order chi connectivity index (χ0) is 14.5. The van der Waals surface area contributed by atoms with E-state index in [9.17, 15) is 14.7 Å². The lowest BCUT2D eigenvalue weighted by Crippen LogP contribution is -2.26. The molecule has 20 heavy (non-hydrogen) atoms. The Morgan fingerprint density at radius 2 is 2.05 bits per heavy atom. The van der Waals surface area contributed by atoms with Gasteiger partial charge in [-0.25, -0.2) is 0 Å². The molecule has 0 bridgehead atoms. The van der Waals surface area contributed by atoms with Crippen molar-refractivity contribution < 1.29 is 14.7 Å². The van der Waals surface area contributed by atoms with Crippen molar-refractivity contribution in [1.29, 1.82) is 0 Å². The molecule has 0 spiro atoms. The molecule has 3 nitrogen and oxygen atoms in total. The van der Waals surface area contributed by atoms with E-state index in [0.717, 1.165) is 5.56 Å². The lowest BCUT2D eigenvalue weighted by atomic mass is 9.86. The molecule has 0 saturated heterocycles. The number of carboxylic acid groups (broad SMARTS) is 1. The molecule has 4 unspecified atom stereocenters. The summed E-state index contributed by atoms with van der Waals surface area (Å²) in [6.07, 6.45) is 2.05. The van der Waals surface area contributed by atoms with Gasteiger partial charge in [0.25, 0.3) is 0 Å². The van der Waals surface area contributed by atoms with Crippen LogP contribution in [0.15, 0.2) is 24.3 Å². The van der Waals surface area contributed by atoms with Crippen molar-refractivity contribution in [2.24, 2.45) is 23.2 Å². The van der Waals surface area contributed by atoms with E-state index in [1.807, 2.05) is 31.2 Å². The van der Waals surface area contributed by atoms with Crippen LogP contribution in [0.5, 0.6) is 0 Å². The fraction of sp³-hybridized carbons (Fsp3) is 0.500. The quantitative estimate of drug-likeness (QED) is 0.927. The third-order valence-corrected chi connectivity index (χ3v) is 5.38. The van der Waals surface area contributed by atoms with Gasteiger partial charge in [0.15, 0.2) is 0 Å². The van der Waals surface area contributed by atoms with E-state index in [0.29, 0.717) is 24.3 Å². The summed E-state index contributed by atoms with van der Waals surface area (Å²) in [7, 11) is 0. The smallest absolute Gasteiger partial charge is 0.307 e. The van der Waals surface area contributed by atoms with E-state index in [4.69, 9.17) is 11.6 Å². The number of ketones is 1. The van der Waals surface area contributed by atoms with Gasteiger partial charge in [-0.3, -0.25) is 9.59 Å². The van der Waals surface area contributed by atoms with Gasteiger partial charge in [-0.05, 0) is 42.9 Å². The van der Waals surface area contributed by atoms with Crippen LogP contribution in [0.25, 0.3) is 0 Å². The van der Waals surface area contributed by atoms with Crippen molar-refractivity contribution in [3.05, 3.63) is 34.9 Å². The van der Waals surface area contributed by atoms with Gasteiger partial charge in [0.1, 0.15) is 5.78 Å². The molecule has 4 atom stereocenters. The molecule has 2 aliphatic carbocycles. The van der Waals surface area contributed by atoms with Crippen LogP contribution in [0, 0.1) is 23.2 Å². The van der Waals surface area contributed by atoms with Crippen LogP contribution in [-0.4, -0.2) is 16.9 Å². The highest BCUT2D eigenvalue weighted by Gasteiger charge is 2.75. The monoisotopic (exact) mass is 292 g/mol. The second kappa shape index (κ2) is 4.59. The molecule has 2 fully saturated rings. The Bertz CT molecular complexity index is 566. The predicted octanol–water partition coefficient (Wildman–Crippen LogP) is 3.20. The molecular weight excluding hydrogens is 276 g/mol.